The summed E-state index contributed by atoms with van der Waals surface area (Å²) in [6, 6.07) is 0. The predicted molar refractivity (Wildman–Crippen MR) is 160 cm³/mol. The van der Waals surface area contributed by atoms with Crippen LogP contribution in [-0.2, 0) is 57.5 Å². The van der Waals surface area contributed by atoms with Crippen molar-refractivity contribution in [3.63, 3.8) is 0 Å². The zero-order valence-corrected chi connectivity index (χ0v) is 27.1. The maximum atomic E-state index is 12.4. The fraction of sp³-hybridized carbons (Fsp3) is 0.800. The average Bonchev–Trinajstić information content (AvgIpc) is 3.36. The van der Waals surface area contributed by atoms with Gasteiger partial charge in [-0.15, -0.1) is 11.3 Å². The number of hydrazine groups is 1. The number of carbonyl (C=O) groups excluding carboxylic acids is 2. The van der Waals surface area contributed by atoms with E-state index in [9.17, 15) is 18.0 Å². The Hall–Kier alpha value is -1.88. The summed E-state index contributed by atoms with van der Waals surface area (Å²) in [6.07, 6.45) is 0.217. The molecule has 5 N–H and O–H groups in total. The molecular weight excluding hydrogens is 626 g/mol. The van der Waals surface area contributed by atoms with Crippen LogP contribution in [0.15, 0.2) is 5.03 Å². The number of hydrogen-bond donors (Lipinski definition) is 4. The van der Waals surface area contributed by atoms with Gasteiger partial charge in [0.05, 0.1) is 112 Å². The van der Waals surface area contributed by atoms with Crippen molar-refractivity contribution < 1.29 is 55.9 Å². The first kappa shape index (κ1) is 40.1. The normalized spacial score (nSPS) is 11.6. The Morgan fingerprint density at radius 2 is 1.09 bits per heavy atom. The van der Waals surface area contributed by atoms with Gasteiger partial charge >= 0.3 is 0 Å². The fourth-order valence-electron chi connectivity index (χ4n) is 3.03. The van der Waals surface area contributed by atoms with Gasteiger partial charge in [-0.25, -0.2) is 24.0 Å². The molecular formula is C25H47N5O12S2. The van der Waals surface area contributed by atoms with E-state index >= 15 is 0 Å². The number of rotatable bonds is 30. The summed E-state index contributed by atoms with van der Waals surface area (Å²) in [6.45, 7) is 9.34. The molecule has 256 valence electrons. The standard InChI is InChI=1S/C25H47N5O12S2/c1-21-24(29-25(43-21)28-22(2)31)44(33,34)27-4-6-36-8-10-38-12-14-40-16-18-42-20-19-41-17-15-39-13-11-37-9-7-35-5-3-23(32)30-26/h27H,3-20,26H2,1-2H3,(H,30,32)(H,28,29,31). The Kier molecular flexibility index (Phi) is 24.0. The largest absolute Gasteiger partial charge is 0.379 e. The molecule has 0 bridgehead atoms. The van der Waals surface area contributed by atoms with E-state index in [-0.39, 0.29) is 41.5 Å². The van der Waals surface area contributed by atoms with Gasteiger partial charge < -0.3 is 43.2 Å². The Morgan fingerprint density at radius 3 is 1.48 bits per heavy atom. The molecule has 0 spiro atoms. The molecule has 0 aliphatic rings. The third-order valence-corrected chi connectivity index (χ3v) is 7.57. The average molecular weight is 674 g/mol. The van der Waals surface area contributed by atoms with E-state index in [1.807, 2.05) is 5.43 Å². The van der Waals surface area contributed by atoms with Crippen molar-refractivity contribution in [3.05, 3.63) is 4.88 Å². The van der Waals surface area contributed by atoms with E-state index in [2.05, 4.69) is 15.0 Å². The third-order valence-electron chi connectivity index (χ3n) is 5.07. The van der Waals surface area contributed by atoms with Gasteiger partial charge in [0.1, 0.15) is 0 Å². The van der Waals surface area contributed by atoms with E-state index in [1.54, 1.807) is 6.92 Å². The van der Waals surface area contributed by atoms with Gasteiger partial charge in [0, 0.05) is 18.3 Å². The van der Waals surface area contributed by atoms with Crippen LogP contribution in [-0.4, -0.2) is 137 Å². The molecule has 17 nitrogen and oxygen atoms in total. The maximum absolute atomic E-state index is 12.4. The number of nitrogens with one attached hydrogen (secondary N) is 3. The highest BCUT2D eigenvalue weighted by Crippen LogP contribution is 2.25. The van der Waals surface area contributed by atoms with E-state index in [0.29, 0.717) is 104 Å². The molecule has 0 unspecified atom stereocenters. The van der Waals surface area contributed by atoms with Gasteiger partial charge in [-0.2, -0.15) is 0 Å². The van der Waals surface area contributed by atoms with Crippen LogP contribution in [0.5, 0.6) is 0 Å². The van der Waals surface area contributed by atoms with Crippen LogP contribution in [0.1, 0.15) is 18.2 Å². The number of ether oxygens (including phenoxy) is 8. The molecule has 1 aromatic rings. The molecule has 1 aromatic heterocycles. The van der Waals surface area contributed by atoms with Crippen LogP contribution in [0.2, 0.25) is 0 Å². The van der Waals surface area contributed by atoms with Crippen molar-refractivity contribution in [2.24, 2.45) is 5.84 Å². The lowest BCUT2D eigenvalue weighted by Gasteiger charge is -2.09. The van der Waals surface area contributed by atoms with Gasteiger partial charge in [0.25, 0.3) is 10.0 Å². The summed E-state index contributed by atoms with van der Waals surface area (Å²) in [5.41, 5.74) is 2.03. The second-order valence-corrected chi connectivity index (χ2v) is 11.6. The highest BCUT2D eigenvalue weighted by Gasteiger charge is 2.22. The highest BCUT2D eigenvalue weighted by atomic mass is 32.2. The van der Waals surface area contributed by atoms with E-state index in [1.165, 1.54) is 6.92 Å². The molecule has 44 heavy (non-hydrogen) atoms. The smallest absolute Gasteiger partial charge is 0.259 e. The Bertz CT molecular complexity index is 1000. The number of amides is 2. The monoisotopic (exact) mass is 673 g/mol. The number of nitrogens with two attached hydrogens (primary N) is 1. The predicted octanol–water partition coefficient (Wildman–Crippen LogP) is -0.799. The lowest BCUT2D eigenvalue weighted by molar-refractivity contribution is -0.122. The minimum absolute atomic E-state index is 0.0744. The van der Waals surface area contributed by atoms with E-state index in [0.717, 1.165) is 11.3 Å². The van der Waals surface area contributed by atoms with Gasteiger partial charge in [-0.3, -0.25) is 15.0 Å². The second-order valence-electron chi connectivity index (χ2n) is 8.68. The molecule has 0 saturated heterocycles. The van der Waals surface area contributed by atoms with Crippen LogP contribution >= 0.6 is 11.3 Å². The molecule has 0 atom stereocenters. The summed E-state index contributed by atoms with van der Waals surface area (Å²) in [7, 11) is -3.80. The van der Waals surface area contributed by atoms with Crippen molar-refractivity contribution in [1.29, 1.82) is 0 Å². The quantitative estimate of drug-likeness (QED) is 0.0340. The molecule has 0 aliphatic carbocycles. The van der Waals surface area contributed by atoms with Crippen molar-refractivity contribution in [2.45, 2.75) is 25.3 Å². The fourth-order valence-corrected chi connectivity index (χ4v) is 5.38. The van der Waals surface area contributed by atoms with E-state index in [4.69, 9.17) is 43.7 Å². The SMILES string of the molecule is CC(=O)Nc1nc(S(=O)(=O)NCCOCCOCCOCCOCCOCCOCCOCCOCCC(=O)NN)c(C)s1. The first-order valence-electron chi connectivity index (χ1n) is 14.1. The molecule has 0 saturated carbocycles. The topological polar surface area (TPSA) is 217 Å². The molecule has 19 heteroatoms. The summed E-state index contributed by atoms with van der Waals surface area (Å²) in [5, 5.41) is 2.60. The number of carbonyl (C=O) groups is 2. The van der Waals surface area contributed by atoms with Crippen LogP contribution in [0.3, 0.4) is 0 Å². The molecule has 0 radical (unpaired) electrons. The zero-order chi connectivity index (χ0) is 32.3. The van der Waals surface area contributed by atoms with Gasteiger partial charge in [0.15, 0.2) is 10.2 Å². The van der Waals surface area contributed by atoms with Crippen molar-refractivity contribution in [2.75, 3.05) is 118 Å². The van der Waals surface area contributed by atoms with Crippen LogP contribution in [0.4, 0.5) is 5.13 Å². The number of anilines is 1. The van der Waals surface area contributed by atoms with Crippen molar-refractivity contribution in [1.82, 2.24) is 15.1 Å². The molecule has 1 rings (SSSR count). The molecule has 0 fully saturated rings. The van der Waals surface area contributed by atoms with Crippen molar-refractivity contribution >= 4 is 38.3 Å². The molecule has 0 aliphatic heterocycles. The molecule has 1 heterocycles. The number of nitrogens with zero attached hydrogens (tertiary/aromatic N) is 1. The highest BCUT2D eigenvalue weighted by molar-refractivity contribution is 7.89. The number of hydrogen-bond acceptors (Lipinski definition) is 15. The first-order valence-corrected chi connectivity index (χ1v) is 16.4. The minimum atomic E-state index is -3.80. The first-order chi connectivity index (χ1) is 21.3. The Morgan fingerprint density at radius 1 is 0.705 bits per heavy atom. The van der Waals surface area contributed by atoms with Crippen molar-refractivity contribution in [3.8, 4) is 0 Å². The Balaban J connectivity index is 1.79. The lowest BCUT2D eigenvalue weighted by atomic mass is 10.4. The van der Waals surface area contributed by atoms with Gasteiger partial charge in [0.2, 0.25) is 11.8 Å². The van der Waals surface area contributed by atoms with Crippen LogP contribution < -0.4 is 21.3 Å². The third kappa shape index (κ3) is 21.8. The molecule has 2 amide bonds. The summed E-state index contributed by atoms with van der Waals surface area (Å²) < 4.78 is 70.3. The molecule has 0 aromatic carbocycles. The second kappa shape index (κ2) is 26.3. The van der Waals surface area contributed by atoms with Crippen LogP contribution in [0.25, 0.3) is 0 Å². The number of thiazole rings is 1. The minimum Gasteiger partial charge on any atom is -0.379 e. The van der Waals surface area contributed by atoms with E-state index < -0.39 is 10.0 Å². The van der Waals surface area contributed by atoms with Gasteiger partial charge in [-0.05, 0) is 6.92 Å². The summed E-state index contributed by atoms with van der Waals surface area (Å²) in [5.74, 6) is 4.37. The zero-order valence-electron chi connectivity index (χ0n) is 25.5. The number of aryl methyl sites for hydroxylation is 1. The number of sulfonamides is 1. The Labute approximate surface area is 262 Å². The lowest BCUT2D eigenvalue weighted by Crippen LogP contribution is -2.30. The number of aromatic nitrogens is 1. The summed E-state index contributed by atoms with van der Waals surface area (Å²) in [4.78, 5) is 26.5. The van der Waals surface area contributed by atoms with Crippen LogP contribution in [0, 0.1) is 6.92 Å². The summed E-state index contributed by atoms with van der Waals surface area (Å²) >= 11 is 1.09. The van der Waals surface area contributed by atoms with Gasteiger partial charge in [-0.1, -0.05) is 0 Å². The maximum Gasteiger partial charge on any atom is 0.259 e.